The first-order valence-corrected chi connectivity index (χ1v) is 9.50. The van der Waals surface area contributed by atoms with Crippen LogP contribution in [0.25, 0.3) is 0 Å². The van der Waals surface area contributed by atoms with Crippen LogP contribution in [0.2, 0.25) is 0 Å². The van der Waals surface area contributed by atoms with Crippen molar-refractivity contribution in [3.63, 3.8) is 0 Å². The van der Waals surface area contributed by atoms with Gasteiger partial charge in [0, 0.05) is 14.3 Å². The molecule has 1 saturated heterocycles. The van der Waals surface area contributed by atoms with Gasteiger partial charge in [-0.1, -0.05) is 45.4 Å². The number of aryl methyl sites for hydroxylation is 2. The lowest BCUT2D eigenvalue weighted by Crippen LogP contribution is -2.26. The van der Waals surface area contributed by atoms with E-state index in [1.807, 2.05) is 11.8 Å². The van der Waals surface area contributed by atoms with Crippen molar-refractivity contribution in [1.29, 1.82) is 0 Å². The molecule has 1 aliphatic rings. The standard InChI is InChI=1S/C19H22BrNS/c1-13-3-5-18(14(2)11-13)22-19-6-4-16(20)12-17(19)15-7-9-21-10-8-15/h3-6,11-12,15,21H,7-10H2,1-2H3. The lowest BCUT2D eigenvalue weighted by Gasteiger charge is -2.25. The van der Waals surface area contributed by atoms with E-state index < -0.39 is 0 Å². The Balaban J connectivity index is 1.92. The average Bonchev–Trinajstić information content (AvgIpc) is 2.52. The highest BCUT2D eigenvalue weighted by molar-refractivity contribution is 9.10. The van der Waals surface area contributed by atoms with Gasteiger partial charge in [-0.15, -0.1) is 0 Å². The third-order valence-corrected chi connectivity index (χ3v) is 6.06. The van der Waals surface area contributed by atoms with Gasteiger partial charge < -0.3 is 5.32 Å². The quantitative estimate of drug-likeness (QED) is 0.739. The Kier molecular flexibility index (Phi) is 5.27. The van der Waals surface area contributed by atoms with Gasteiger partial charge in [-0.25, -0.2) is 0 Å². The number of nitrogens with one attached hydrogen (secondary N) is 1. The van der Waals surface area contributed by atoms with E-state index in [0.717, 1.165) is 13.1 Å². The fourth-order valence-electron chi connectivity index (χ4n) is 3.10. The average molecular weight is 376 g/mol. The molecule has 3 rings (SSSR count). The minimum Gasteiger partial charge on any atom is -0.317 e. The van der Waals surface area contributed by atoms with Crippen molar-refractivity contribution >= 4 is 27.7 Å². The zero-order chi connectivity index (χ0) is 15.5. The summed E-state index contributed by atoms with van der Waals surface area (Å²) in [4.78, 5) is 2.77. The van der Waals surface area contributed by atoms with E-state index in [0.29, 0.717) is 5.92 Å². The summed E-state index contributed by atoms with van der Waals surface area (Å²) >= 11 is 5.56. The Hall–Kier alpha value is -0.770. The Morgan fingerprint density at radius 3 is 2.45 bits per heavy atom. The number of hydrogen-bond donors (Lipinski definition) is 1. The maximum absolute atomic E-state index is 3.65. The van der Waals surface area contributed by atoms with Gasteiger partial charge in [-0.05, 0) is 81.1 Å². The van der Waals surface area contributed by atoms with Crippen molar-refractivity contribution in [2.24, 2.45) is 0 Å². The number of rotatable bonds is 3. The molecule has 1 nitrogen and oxygen atoms in total. The Morgan fingerprint density at radius 1 is 1.00 bits per heavy atom. The number of benzene rings is 2. The van der Waals surface area contributed by atoms with E-state index in [9.17, 15) is 0 Å². The van der Waals surface area contributed by atoms with Crippen LogP contribution in [0, 0.1) is 13.8 Å². The van der Waals surface area contributed by atoms with Crippen LogP contribution in [0.3, 0.4) is 0 Å². The van der Waals surface area contributed by atoms with Gasteiger partial charge in [0.05, 0.1) is 0 Å². The van der Waals surface area contributed by atoms with E-state index in [1.54, 1.807) is 0 Å². The van der Waals surface area contributed by atoms with Crippen LogP contribution in [-0.4, -0.2) is 13.1 Å². The molecular weight excluding hydrogens is 354 g/mol. The second-order valence-electron chi connectivity index (χ2n) is 6.08. The van der Waals surface area contributed by atoms with Crippen molar-refractivity contribution < 1.29 is 0 Å². The van der Waals surface area contributed by atoms with Gasteiger partial charge in [0.15, 0.2) is 0 Å². The molecule has 2 aromatic carbocycles. The Bertz CT molecular complexity index is 662. The summed E-state index contributed by atoms with van der Waals surface area (Å²) in [6, 6.07) is 13.5. The Labute approximate surface area is 146 Å². The predicted octanol–water partition coefficient (Wildman–Crippen LogP) is 5.68. The monoisotopic (exact) mass is 375 g/mol. The van der Waals surface area contributed by atoms with E-state index in [2.05, 4.69) is 71.5 Å². The zero-order valence-electron chi connectivity index (χ0n) is 13.2. The normalized spacial score (nSPS) is 16.0. The van der Waals surface area contributed by atoms with E-state index in [-0.39, 0.29) is 0 Å². The highest BCUT2D eigenvalue weighted by Gasteiger charge is 2.19. The summed E-state index contributed by atoms with van der Waals surface area (Å²) in [6.07, 6.45) is 2.47. The third kappa shape index (κ3) is 3.76. The molecule has 0 unspecified atom stereocenters. The van der Waals surface area contributed by atoms with Gasteiger partial charge in [-0.3, -0.25) is 0 Å². The summed E-state index contributed by atoms with van der Waals surface area (Å²) in [7, 11) is 0. The summed E-state index contributed by atoms with van der Waals surface area (Å²) in [5.41, 5.74) is 4.20. The molecule has 0 atom stereocenters. The smallest absolute Gasteiger partial charge is 0.0178 e. The topological polar surface area (TPSA) is 12.0 Å². The van der Waals surface area contributed by atoms with Crippen molar-refractivity contribution in [3.05, 3.63) is 57.6 Å². The lowest BCUT2D eigenvalue weighted by atomic mass is 9.90. The van der Waals surface area contributed by atoms with Gasteiger partial charge in [0.2, 0.25) is 0 Å². The fourth-order valence-corrected chi connectivity index (χ4v) is 4.55. The van der Waals surface area contributed by atoms with Crippen molar-refractivity contribution in [3.8, 4) is 0 Å². The van der Waals surface area contributed by atoms with Crippen molar-refractivity contribution in [1.82, 2.24) is 5.32 Å². The van der Waals surface area contributed by atoms with Crippen LogP contribution < -0.4 is 5.32 Å². The van der Waals surface area contributed by atoms with Gasteiger partial charge in [0.1, 0.15) is 0 Å². The molecule has 0 radical (unpaired) electrons. The molecule has 3 heteroatoms. The van der Waals surface area contributed by atoms with Crippen LogP contribution in [0.15, 0.2) is 50.7 Å². The molecule has 1 heterocycles. The van der Waals surface area contributed by atoms with Crippen LogP contribution in [0.1, 0.15) is 35.4 Å². The molecule has 0 saturated carbocycles. The third-order valence-electron chi connectivity index (χ3n) is 4.30. The second kappa shape index (κ2) is 7.20. The molecule has 0 aromatic heterocycles. The van der Waals surface area contributed by atoms with Crippen molar-refractivity contribution in [2.75, 3.05) is 13.1 Å². The molecular formula is C19H22BrNS. The highest BCUT2D eigenvalue weighted by atomic mass is 79.9. The number of hydrogen-bond acceptors (Lipinski definition) is 2. The van der Waals surface area contributed by atoms with Gasteiger partial charge in [-0.2, -0.15) is 0 Å². The van der Waals surface area contributed by atoms with Gasteiger partial charge in [0.25, 0.3) is 0 Å². The number of halogens is 1. The first-order chi connectivity index (χ1) is 10.6. The molecule has 0 amide bonds. The molecule has 22 heavy (non-hydrogen) atoms. The molecule has 0 aliphatic carbocycles. The molecule has 1 aliphatic heterocycles. The van der Waals surface area contributed by atoms with Crippen LogP contribution >= 0.6 is 27.7 Å². The molecule has 1 N–H and O–H groups in total. The van der Waals surface area contributed by atoms with Crippen molar-refractivity contribution in [2.45, 2.75) is 42.4 Å². The highest BCUT2D eigenvalue weighted by Crippen LogP contribution is 2.39. The molecule has 116 valence electrons. The lowest BCUT2D eigenvalue weighted by molar-refractivity contribution is 0.456. The summed E-state index contributed by atoms with van der Waals surface area (Å²) in [5, 5.41) is 3.47. The van der Waals surface area contributed by atoms with E-state index >= 15 is 0 Å². The van der Waals surface area contributed by atoms with Crippen LogP contribution in [-0.2, 0) is 0 Å². The summed E-state index contributed by atoms with van der Waals surface area (Å²) < 4.78 is 1.19. The largest absolute Gasteiger partial charge is 0.317 e. The molecule has 1 fully saturated rings. The van der Waals surface area contributed by atoms with Gasteiger partial charge >= 0.3 is 0 Å². The van der Waals surface area contributed by atoms with E-state index in [4.69, 9.17) is 0 Å². The maximum Gasteiger partial charge on any atom is 0.0178 e. The molecule has 2 aromatic rings. The van der Waals surface area contributed by atoms with Crippen LogP contribution in [0.4, 0.5) is 0 Å². The molecule has 0 bridgehead atoms. The maximum atomic E-state index is 3.65. The fraction of sp³-hybridized carbons (Fsp3) is 0.368. The molecule has 0 spiro atoms. The van der Waals surface area contributed by atoms with Crippen LogP contribution in [0.5, 0.6) is 0 Å². The minimum atomic E-state index is 0.673. The predicted molar refractivity (Wildman–Crippen MR) is 99.0 cm³/mol. The summed E-state index contributed by atoms with van der Waals surface area (Å²) in [5.74, 6) is 0.673. The van der Waals surface area contributed by atoms with E-state index in [1.165, 1.54) is 43.8 Å². The number of piperidine rings is 1. The second-order valence-corrected chi connectivity index (χ2v) is 8.08. The summed E-state index contributed by atoms with van der Waals surface area (Å²) in [6.45, 7) is 6.62. The zero-order valence-corrected chi connectivity index (χ0v) is 15.6. The first kappa shape index (κ1) is 16.1. The minimum absolute atomic E-state index is 0.673. The Morgan fingerprint density at radius 2 is 1.73 bits per heavy atom. The SMILES string of the molecule is Cc1ccc(Sc2ccc(Br)cc2C2CCNCC2)c(C)c1. The first-order valence-electron chi connectivity index (χ1n) is 7.89.